The molecule has 0 unspecified atom stereocenters. The molecule has 0 saturated heterocycles. The lowest BCUT2D eigenvalue weighted by Crippen LogP contribution is -2.18. The van der Waals surface area contributed by atoms with Gasteiger partial charge in [-0.05, 0) is 26.3 Å². The quantitative estimate of drug-likeness (QED) is 0.691. The molecule has 108 valence electrons. The Morgan fingerprint density at radius 1 is 1.05 bits per heavy atom. The number of carbonyl (C=O) groups is 2. The van der Waals surface area contributed by atoms with Gasteiger partial charge in [0.2, 0.25) is 22.7 Å². The number of hydrogen-bond donors (Lipinski definition) is 1. The second kappa shape index (κ2) is 5.36. The highest BCUT2D eigenvalue weighted by Crippen LogP contribution is 2.18. The summed E-state index contributed by atoms with van der Waals surface area (Å²) < 4.78 is 5.04. The van der Waals surface area contributed by atoms with Crippen molar-refractivity contribution in [1.82, 2.24) is 0 Å². The Labute approximate surface area is 120 Å². The van der Waals surface area contributed by atoms with E-state index in [0.29, 0.717) is 5.56 Å². The second-order valence-corrected chi connectivity index (χ2v) is 4.88. The molecule has 5 heteroatoms. The molecule has 0 aliphatic carbocycles. The standard InChI is InChI=1S/C16H14O5/c1-8-4-5-11(9(2)6-8)13(18)15(20)16-14(19)12(17)7-10(3)21-16/h4-7,19H,1-3H3. The summed E-state index contributed by atoms with van der Waals surface area (Å²) in [7, 11) is 0. The first-order chi connectivity index (χ1) is 9.81. The number of hydrogen-bond acceptors (Lipinski definition) is 5. The van der Waals surface area contributed by atoms with Crippen molar-refractivity contribution in [3.05, 3.63) is 62.7 Å². The Morgan fingerprint density at radius 3 is 2.33 bits per heavy atom. The van der Waals surface area contributed by atoms with E-state index in [2.05, 4.69) is 0 Å². The molecular weight excluding hydrogens is 272 g/mol. The maximum absolute atomic E-state index is 12.2. The highest BCUT2D eigenvalue weighted by Gasteiger charge is 2.26. The number of ketones is 2. The zero-order chi connectivity index (χ0) is 15.7. The minimum Gasteiger partial charge on any atom is -0.501 e. The van der Waals surface area contributed by atoms with E-state index in [1.54, 1.807) is 19.1 Å². The fraction of sp³-hybridized carbons (Fsp3) is 0.188. The Bertz CT molecular complexity index is 799. The van der Waals surface area contributed by atoms with Crippen LogP contribution in [-0.4, -0.2) is 16.7 Å². The lowest BCUT2D eigenvalue weighted by Gasteiger charge is -2.06. The summed E-state index contributed by atoms with van der Waals surface area (Å²) in [6, 6.07) is 6.07. The minimum absolute atomic E-state index is 0.148. The van der Waals surface area contributed by atoms with Crippen molar-refractivity contribution in [3.8, 4) is 5.75 Å². The van der Waals surface area contributed by atoms with Gasteiger partial charge in [0.15, 0.2) is 0 Å². The topological polar surface area (TPSA) is 84.6 Å². The molecule has 0 aliphatic rings. The molecule has 1 aromatic heterocycles. The fourth-order valence-corrected chi connectivity index (χ4v) is 2.05. The van der Waals surface area contributed by atoms with Crippen LogP contribution in [0.1, 0.15) is 37.8 Å². The van der Waals surface area contributed by atoms with E-state index in [4.69, 9.17) is 4.42 Å². The summed E-state index contributed by atoms with van der Waals surface area (Å²) >= 11 is 0. The van der Waals surface area contributed by atoms with Gasteiger partial charge in [-0.15, -0.1) is 0 Å². The Morgan fingerprint density at radius 2 is 1.71 bits per heavy atom. The van der Waals surface area contributed by atoms with Gasteiger partial charge in [-0.3, -0.25) is 14.4 Å². The van der Waals surface area contributed by atoms with Crippen molar-refractivity contribution >= 4 is 11.6 Å². The Balaban J connectivity index is 2.50. The van der Waals surface area contributed by atoms with Crippen LogP contribution in [0, 0.1) is 20.8 Å². The Kier molecular flexibility index (Phi) is 3.76. The SMILES string of the molecule is Cc1ccc(C(=O)C(=O)c2oc(C)cc(=O)c2O)c(C)c1. The molecule has 5 nitrogen and oxygen atoms in total. The van der Waals surface area contributed by atoms with Crippen LogP contribution in [0.5, 0.6) is 5.75 Å². The number of aromatic hydroxyl groups is 1. The molecule has 0 radical (unpaired) electrons. The average molecular weight is 286 g/mol. The van der Waals surface area contributed by atoms with E-state index in [9.17, 15) is 19.5 Å². The molecule has 0 aliphatic heterocycles. The maximum Gasteiger partial charge on any atom is 0.272 e. The molecule has 0 amide bonds. The van der Waals surface area contributed by atoms with Crippen LogP contribution >= 0.6 is 0 Å². The van der Waals surface area contributed by atoms with Gasteiger partial charge in [0, 0.05) is 11.6 Å². The Hall–Kier alpha value is -2.69. The maximum atomic E-state index is 12.2. The van der Waals surface area contributed by atoms with Crippen molar-refractivity contribution in [3.63, 3.8) is 0 Å². The van der Waals surface area contributed by atoms with Crippen LogP contribution < -0.4 is 5.43 Å². The number of benzene rings is 1. The molecule has 1 heterocycles. The molecule has 2 rings (SSSR count). The first-order valence-corrected chi connectivity index (χ1v) is 6.31. The van der Waals surface area contributed by atoms with E-state index in [1.165, 1.54) is 13.0 Å². The molecule has 2 aromatic rings. The van der Waals surface area contributed by atoms with Crippen molar-refractivity contribution in [2.24, 2.45) is 0 Å². The minimum atomic E-state index is -1.04. The third-order valence-corrected chi connectivity index (χ3v) is 3.08. The summed E-state index contributed by atoms with van der Waals surface area (Å²) in [6.45, 7) is 5.04. The van der Waals surface area contributed by atoms with Gasteiger partial charge >= 0.3 is 0 Å². The summed E-state index contributed by atoms with van der Waals surface area (Å²) in [6.07, 6.45) is 0. The normalized spacial score (nSPS) is 10.4. The van der Waals surface area contributed by atoms with Crippen LogP contribution in [0.15, 0.2) is 33.5 Å². The lowest BCUT2D eigenvalue weighted by atomic mass is 9.99. The molecule has 0 saturated carbocycles. The smallest absolute Gasteiger partial charge is 0.272 e. The summed E-state index contributed by atoms with van der Waals surface area (Å²) in [4.78, 5) is 35.9. The number of rotatable bonds is 3. The zero-order valence-electron chi connectivity index (χ0n) is 11.9. The number of Topliss-reactive ketones (excluding diaryl/α,β-unsaturated/α-hetero) is 2. The predicted octanol–water partition coefficient (Wildman–Crippen LogP) is 2.34. The van der Waals surface area contributed by atoms with E-state index < -0.39 is 28.5 Å². The summed E-state index contributed by atoms with van der Waals surface area (Å²) in [5.74, 6) is -3.18. The van der Waals surface area contributed by atoms with Gasteiger partial charge in [0.1, 0.15) is 5.76 Å². The van der Waals surface area contributed by atoms with Gasteiger partial charge in [-0.1, -0.05) is 23.8 Å². The van der Waals surface area contributed by atoms with Gasteiger partial charge in [0.05, 0.1) is 0 Å². The largest absolute Gasteiger partial charge is 0.501 e. The van der Waals surface area contributed by atoms with Crippen molar-refractivity contribution in [1.29, 1.82) is 0 Å². The zero-order valence-corrected chi connectivity index (χ0v) is 11.9. The highest BCUT2D eigenvalue weighted by molar-refractivity contribution is 6.49. The van der Waals surface area contributed by atoms with E-state index >= 15 is 0 Å². The van der Waals surface area contributed by atoms with Gasteiger partial charge < -0.3 is 9.52 Å². The molecule has 1 N–H and O–H groups in total. The molecule has 0 bridgehead atoms. The van der Waals surface area contributed by atoms with E-state index in [-0.39, 0.29) is 11.3 Å². The van der Waals surface area contributed by atoms with E-state index in [0.717, 1.165) is 11.6 Å². The number of carbonyl (C=O) groups excluding carboxylic acids is 2. The van der Waals surface area contributed by atoms with Crippen LogP contribution in [0.3, 0.4) is 0 Å². The van der Waals surface area contributed by atoms with Crippen LogP contribution in [0.4, 0.5) is 0 Å². The molecule has 0 spiro atoms. The van der Waals surface area contributed by atoms with Crippen molar-refractivity contribution in [2.75, 3.05) is 0 Å². The predicted molar refractivity (Wildman–Crippen MR) is 76.0 cm³/mol. The highest BCUT2D eigenvalue weighted by atomic mass is 16.4. The van der Waals surface area contributed by atoms with Crippen LogP contribution in [0.25, 0.3) is 0 Å². The second-order valence-electron chi connectivity index (χ2n) is 4.88. The van der Waals surface area contributed by atoms with Crippen molar-refractivity contribution < 1.29 is 19.1 Å². The van der Waals surface area contributed by atoms with Crippen molar-refractivity contribution in [2.45, 2.75) is 20.8 Å². The molecule has 21 heavy (non-hydrogen) atoms. The lowest BCUT2D eigenvalue weighted by molar-refractivity contribution is 0.0794. The first kappa shape index (κ1) is 14.7. The van der Waals surface area contributed by atoms with Gasteiger partial charge in [-0.2, -0.15) is 0 Å². The van der Waals surface area contributed by atoms with Crippen LogP contribution in [-0.2, 0) is 0 Å². The summed E-state index contributed by atoms with van der Waals surface area (Å²) in [5, 5.41) is 9.62. The van der Waals surface area contributed by atoms with Gasteiger partial charge in [0.25, 0.3) is 5.78 Å². The van der Waals surface area contributed by atoms with E-state index in [1.807, 2.05) is 6.92 Å². The first-order valence-electron chi connectivity index (χ1n) is 6.31. The monoisotopic (exact) mass is 286 g/mol. The third-order valence-electron chi connectivity index (χ3n) is 3.08. The van der Waals surface area contributed by atoms with Gasteiger partial charge in [-0.25, -0.2) is 0 Å². The number of aryl methyl sites for hydroxylation is 3. The third kappa shape index (κ3) is 2.76. The van der Waals surface area contributed by atoms with Crippen LogP contribution in [0.2, 0.25) is 0 Å². The molecule has 1 aromatic carbocycles. The average Bonchev–Trinajstić information content (AvgIpc) is 2.41. The molecule has 0 fully saturated rings. The molecule has 0 atom stereocenters. The summed E-state index contributed by atoms with van der Waals surface area (Å²) in [5.41, 5.74) is 1.06. The fourth-order valence-electron chi connectivity index (χ4n) is 2.05. The molecular formula is C16H14O5.